The highest BCUT2D eigenvalue weighted by atomic mass is 16.4. The van der Waals surface area contributed by atoms with Crippen molar-refractivity contribution in [1.82, 2.24) is 0 Å². The van der Waals surface area contributed by atoms with E-state index in [-0.39, 0.29) is 16.7 Å². The molecule has 0 heterocycles. The number of aromatic hydroxyl groups is 1. The lowest BCUT2D eigenvalue weighted by molar-refractivity contribution is -0.142. The Morgan fingerprint density at radius 3 is 1.32 bits per heavy atom. The molecule has 0 saturated heterocycles. The van der Waals surface area contributed by atoms with Crippen molar-refractivity contribution in [3.63, 3.8) is 0 Å². The summed E-state index contributed by atoms with van der Waals surface area (Å²) in [6, 6.07) is 4.07. The predicted molar refractivity (Wildman–Crippen MR) is 164 cm³/mol. The molecule has 0 aliphatic rings. The lowest BCUT2D eigenvalue weighted by Crippen LogP contribution is -2.20. The average molecular weight is 531 g/mol. The molecule has 0 radical (unpaired) electrons. The number of hydrogen-bond donors (Lipinski definition) is 2. The van der Waals surface area contributed by atoms with E-state index in [0.717, 1.165) is 36.0 Å². The van der Waals surface area contributed by atoms with Crippen molar-refractivity contribution in [1.29, 1.82) is 0 Å². The maximum absolute atomic E-state index is 12.1. The molecule has 0 aromatic heterocycles. The maximum Gasteiger partial charge on any atom is 0.306 e. The summed E-state index contributed by atoms with van der Waals surface area (Å²) in [5, 5.41) is 20.9. The third-order valence-corrected chi connectivity index (χ3v) is 8.02. The Balaban J connectivity index is 2.35. The highest BCUT2D eigenvalue weighted by molar-refractivity contribution is 5.70. The van der Waals surface area contributed by atoms with E-state index in [4.69, 9.17) is 0 Å². The van der Waals surface area contributed by atoms with Crippen molar-refractivity contribution in [2.75, 3.05) is 0 Å². The van der Waals surface area contributed by atoms with Gasteiger partial charge < -0.3 is 10.2 Å². The quantitative estimate of drug-likeness (QED) is 0.165. The van der Waals surface area contributed by atoms with Gasteiger partial charge in [-0.1, -0.05) is 163 Å². The first-order valence-electron chi connectivity index (χ1n) is 16.0. The molecule has 0 amide bonds. The SMILES string of the molecule is CCCCCCCCCCCCCCCCCC[C@H](Cc1cc(C(C)(C)C)c(O)c(C(C)(C)C)c1)C(=O)O. The summed E-state index contributed by atoms with van der Waals surface area (Å²) in [6.45, 7) is 14.9. The molecule has 1 aromatic rings. The summed E-state index contributed by atoms with van der Waals surface area (Å²) >= 11 is 0. The number of carboxylic acid groups (broad SMARTS) is 1. The van der Waals surface area contributed by atoms with Crippen LogP contribution in [0.2, 0.25) is 0 Å². The van der Waals surface area contributed by atoms with E-state index < -0.39 is 5.97 Å². The standard InChI is InChI=1S/C35H62O3/c1-8-9-10-11-12-13-14-15-16-17-18-19-20-21-22-23-24-29(33(37)38)25-28-26-30(34(2,3)4)32(36)31(27-28)35(5,6)7/h26-27,29,36H,8-25H2,1-7H3,(H,37,38)/t29-/m1/s1. The van der Waals surface area contributed by atoms with Gasteiger partial charge in [0.15, 0.2) is 0 Å². The minimum Gasteiger partial charge on any atom is -0.507 e. The number of aliphatic carboxylic acids is 1. The molecule has 2 N–H and O–H groups in total. The summed E-state index contributed by atoms with van der Waals surface area (Å²) in [7, 11) is 0. The highest BCUT2D eigenvalue weighted by Crippen LogP contribution is 2.40. The van der Waals surface area contributed by atoms with Gasteiger partial charge >= 0.3 is 5.97 Å². The van der Waals surface area contributed by atoms with Crippen LogP contribution in [0.3, 0.4) is 0 Å². The maximum atomic E-state index is 12.1. The average Bonchev–Trinajstić information content (AvgIpc) is 2.82. The number of unbranched alkanes of at least 4 members (excludes halogenated alkanes) is 15. The Bertz CT molecular complexity index is 746. The van der Waals surface area contributed by atoms with Crippen molar-refractivity contribution in [2.24, 2.45) is 5.92 Å². The Kier molecular flexibility index (Phi) is 16.3. The van der Waals surface area contributed by atoms with Crippen LogP contribution in [0.5, 0.6) is 5.75 Å². The number of phenolic OH excluding ortho intramolecular Hbond substituents is 1. The zero-order chi connectivity index (χ0) is 28.6. The van der Waals surface area contributed by atoms with Crippen LogP contribution in [0.15, 0.2) is 12.1 Å². The second kappa shape index (κ2) is 18.0. The molecule has 0 aliphatic carbocycles. The van der Waals surface area contributed by atoms with E-state index in [1.54, 1.807) is 0 Å². The van der Waals surface area contributed by atoms with Crippen LogP contribution in [-0.4, -0.2) is 16.2 Å². The van der Waals surface area contributed by atoms with Crippen molar-refractivity contribution in [3.8, 4) is 5.75 Å². The number of phenols is 1. The molecular formula is C35H62O3. The Labute approximate surface area is 236 Å². The number of hydrogen-bond acceptors (Lipinski definition) is 2. The van der Waals surface area contributed by atoms with Crippen molar-refractivity contribution >= 4 is 5.97 Å². The monoisotopic (exact) mass is 530 g/mol. The fraction of sp³-hybridized carbons (Fsp3) is 0.800. The molecular weight excluding hydrogens is 468 g/mol. The van der Waals surface area contributed by atoms with E-state index >= 15 is 0 Å². The summed E-state index contributed by atoms with van der Waals surface area (Å²) in [4.78, 5) is 12.1. The van der Waals surface area contributed by atoms with Gasteiger partial charge in [0, 0.05) is 0 Å². The first-order chi connectivity index (χ1) is 17.9. The van der Waals surface area contributed by atoms with Crippen LogP contribution < -0.4 is 0 Å². The fourth-order valence-corrected chi connectivity index (χ4v) is 5.49. The van der Waals surface area contributed by atoms with Crippen LogP contribution in [0.4, 0.5) is 0 Å². The van der Waals surface area contributed by atoms with Crippen LogP contribution in [0, 0.1) is 5.92 Å². The zero-order valence-corrected chi connectivity index (χ0v) is 26.3. The van der Waals surface area contributed by atoms with Crippen LogP contribution >= 0.6 is 0 Å². The molecule has 1 rings (SSSR count). The zero-order valence-electron chi connectivity index (χ0n) is 26.3. The first-order valence-corrected chi connectivity index (χ1v) is 16.0. The van der Waals surface area contributed by atoms with Crippen LogP contribution in [0.25, 0.3) is 0 Å². The molecule has 220 valence electrons. The number of rotatable bonds is 20. The van der Waals surface area contributed by atoms with Crippen LogP contribution in [0.1, 0.15) is 174 Å². The summed E-state index contributed by atoms with van der Waals surface area (Å²) < 4.78 is 0. The van der Waals surface area contributed by atoms with Gasteiger partial charge in [-0.25, -0.2) is 0 Å². The fourth-order valence-electron chi connectivity index (χ4n) is 5.49. The molecule has 1 aromatic carbocycles. The van der Waals surface area contributed by atoms with E-state index in [9.17, 15) is 15.0 Å². The van der Waals surface area contributed by atoms with Gasteiger partial charge in [-0.3, -0.25) is 4.79 Å². The molecule has 3 nitrogen and oxygen atoms in total. The minimum atomic E-state index is -0.700. The number of carbonyl (C=O) groups is 1. The Hall–Kier alpha value is -1.51. The largest absolute Gasteiger partial charge is 0.507 e. The predicted octanol–water partition coefficient (Wildman–Crippen LogP) is 10.9. The van der Waals surface area contributed by atoms with Gasteiger partial charge in [-0.15, -0.1) is 0 Å². The van der Waals surface area contributed by atoms with E-state index in [1.807, 2.05) is 12.1 Å². The van der Waals surface area contributed by atoms with Gasteiger partial charge in [0.1, 0.15) is 5.75 Å². The molecule has 0 saturated carbocycles. The molecule has 38 heavy (non-hydrogen) atoms. The normalized spacial score (nSPS) is 13.1. The lowest BCUT2D eigenvalue weighted by atomic mass is 9.77. The molecule has 0 fully saturated rings. The minimum absolute atomic E-state index is 0.202. The Morgan fingerprint density at radius 1 is 0.658 bits per heavy atom. The van der Waals surface area contributed by atoms with Gasteiger partial charge in [0.25, 0.3) is 0 Å². The smallest absolute Gasteiger partial charge is 0.306 e. The molecule has 1 atom stereocenters. The summed E-state index contributed by atoms with van der Waals surface area (Å²) in [5.74, 6) is -0.709. The first kappa shape index (κ1) is 34.5. The Morgan fingerprint density at radius 2 is 1.00 bits per heavy atom. The van der Waals surface area contributed by atoms with Crippen molar-refractivity contribution in [2.45, 2.75) is 175 Å². The second-order valence-corrected chi connectivity index (χ2v) is 13.9. The highest BCUT2D eigenvalue weighted by Gasteiger charge is 2.28. The molecule has 0 unspecified atom stereocenters. The lowest BCUT2D eigenvalue weighted by Gasteiger charge is -2.28. The van der Waals surface area contributed by atoms with E-state index in [1.165, 1.54) is 89.9 Å². The van der Waals surface area contributed by atoms with Crippen molar-refractivity contribution < 1.29 is 15.0 Å². The molecule has 0 aliphatic heterocycles. The van der Waals surface area contributed by atoms with E-state index in [0.29, 0.717) is 12.2 Å². The topological polar surface area (TPSA) is 57.5 Å². The molecule has 3 heteroatoms. The third-order valence-electron chi connectivity index (χ3n) is 8.02. The van der Waals surface area contributed by atoms with Gasteiger partial charge in [0.2, 0.25) is 0 Å². The molecule has 0 bridgehead atoms. The van der Waals surface area contributed by atoms with Gasteiger partial charge in [0.05, 0.1) is 5.92 Å². The number of benzene rings is 1. The van der Waals surface area contributed by atoms with Crippen LogP contribution in [-0.2, 0) is 22.0 Å². The second-order valence-electron chi connectivity index (χ2n) is 13.9. The van der Waals surface area contributed by atoms with Gasteiger partial charge in [-0.2, -0.15) is 0 Å². The third kappa shape index (κ3) is 14.0. The van der Waals surface area contributed by atoms with E-state index in [2.05, 4.69) is 48.5 Å². The summed E-state index contributed by atoms with van der Waals surface area (Å²) in [5.41, 5.74) is 2.44. The summed E-state index contributed by atoms with van der Waals surface area (Å²) in [6.07, 6.45) is 22.5. The number of carboxylic acids is 1. The van der Waals surface area contributed by atoms with Gasteiger partial charge in [-0.05, 0) is 40.4 Å². The molecule has 0 spiro atoms. The van der Waals surface area contributed by atoms with Crippen molar-refractivity contribution in [3.05, 3.63) is 28.8 Å².